The molecular formula is C33H20ClN3O2. The first-order chi connectivity index (χ1) is 19.2. The number of aliphatic imine (C=N–C) groups is 2. The predicted octanol–water partition coefficient (Wildman–Crippen LogP) is 8.80. The highest BCUT2D eigenvalue weighted by Crippen LogP contribution is 2.37. The fourth-order valence-corrected chi connectivity index (χ4v) is 5.67. The first-order valence-corrected chi connectivity index (χ1v) is 13.1. The van der Waals surface area contributed by atoms with Crippen molar-refractivity contribution in [1.82, 2.24) is 5.32 Å². The van der Waals surface area contributed by atoms with Crippen molar-refractivity contribution in [2.45, 2.75) is 6.17 Å². The lowest BCUT2D eigenvalue weighted by atomic mass is 9.98. The molecule has 0 amide bonds. The molecule has 3 heterocycles. The van der Waals surface area contributed by atoms with Crippen molar-refractivity contribution in [3.05, 3.63) is 120 Å². The Balaban J connectivity index is 1.19. The van der Waals surface area contributed by atoms with E-state index >= 15 is 0 Å². The van der Waals surface area contributed by atoms with Gasteiger partial charge in [-0.2, -0.15) is 0 Å². The van der Waals surface area contributed by atoms with Gasteiger partial charge in [-0.1, -0.05) is 84.9 Å². The molecule has 1 atom stereocenters. The van der Waals surface area contributed by atoms with Gasteiger partial charge < -0.3 is 14.2 Å². The molecule has 0 fully saturated rings. The molecule has 0 aliphatic carbocycles. The number of hydrogen-bond donors (Lipinski definition) is 1. The molecule has 186 valence electrons. The average Bonchev–Trinajstić information content (AvgIpc) is 3.55. The second-order valence-corrected chi connectivity index (χ2v) is 9.93. The Bertz CT molecular complexity index is 2120. The molecule has 39 heavy (non-hydrogen) atoms. The Labute approximate surface area is 228 Å². The maximum absolute atomic E-state index is 6.49. The zero-order chi connectivity index (χ0) is 25.9. The highest BCUT2D eigenvalue weighted by Gasteiger charge is 2.22. The van der Waals surface area contributed by atoms with Gasteiger partial charge in [0, 0.05) is 21.5 Å². The smallest absolute Gasteiger partial charge is 0.199 e. The van der Waals surface area contributed by atoms with Crippen LogP contribution in [0.2, 0.25) is 0 Å². The molecule has 1 N–H and O–H groups in total. The number of fused-ring (bicyclic) bond motifs is 6. The monoisotopic (exact) mass is 525 g/mol. The third kappa shape index (κ3) is 3.55. The minimum absolute atomic E-state index is 0.289. The van der Waals surface area contributed by atoms with Gasteiger partial charge in [0.1, 0.15) is 28.2 Å². The Morgan fingerprint density at radius 3 is 2.10 bits per heavy atom. The van der Waals surface area contributed by atoms with Gasteiger partial charge >= 0.3 is 0 Å². The molecule has 0 bridgehead atoms. The minimum atomic E-state index is -0.479. The van der Waals surface area contributed by atoms with Crippen LogP contribution in [-0.2, 0) is 0 Å². The number of para-hydroxylation sites is 3. The second-order valence-electron chi connectivity index (χ2n) is 9.58. The number of rotatable bonds is 3. The fraction of sp³-hybridized carbons (Fsp3) is 0.0303. The van der Waals surface area contributed by atoms with Gasteiger partial charge in [0.15, 0.2) is 11.5 Å². The normalized spacial score (nSPS) is 15.6. The van der Waals surface area contributed by atoms with E-state index in [2.05, 4.69) is 58.8 Å². The molecule has 5 aromatic carbocycles. The Kier molecular flexibility index (Phi) is 4.87. The van der Waals surface area contributed by atoms with Gasteiger partial charge in [0.05, 0.1) is 5.56 Å². The molecule has 1 unspecified atom stereocenters. The Morgan fingerprint density at radius 1 is 0.590 bits per heavy atom. The van der Waals surface area contributed by atoms with Crippen molar-refractivity contribution in [2.24, 2.45) is 9.98 Å². The summed E-state index contributed by atoms with van der Waals surface area (Å²) in [5.41, 5.74) is 7.37. The van der Waals surface area contributed by atoms with Crippen LogP contribution in [0, 0.1) is 0 Å². The lowest BCUT2D eigenvalue weighted by Crippen LogP contribution is -2.32. The highest BCUT2D eigenvalue weighted by molar-refractivity contribution is 6.66. The van der Waals surface area contributed by atoms with Gasteiger partial charge in [-0.05, 0) is 52.6 Å². The number of furan rings is 2. The molecule has 6 heteroatoms. The van der Waals surface area contributed by atoms with E-state index in [0.717, 1.165) is 66.1 Å². The van der Waals surface area contributed by atoms with Crippen molar-refractivity contribution in [2.75, 3.05) is 0 Å². The summed E-state index contributed by atoms with van der Waals surface area (Å²) in [7, 11) is 0. The Hall–Kier alpha value is -4.87. The third-order valence-corrected chi connectivity index (χ3v) is 7.48. The van der Waals surface area contributed by atoms with E-state index in [4.69, 9.17) is 25.4 Å². The molecule has 0 spiro atoms. The van der Waals surface area contributed by atoms with Crippen LogP contribution >= 0.6 is 11.6 Å². The third-order valence-electron chi connectivity index (χ3n) is 7.29. The summed E-state index contributed by atoms with van der Waals surface area (Å²) in [5.74, 6) is 0.628. The highest BCUT2D eigenvalue weighted by atomic mass is 35.5. The molecule has 7 aromatic rings. The number of nitrogens with zero attached hydrogens (tertiary/aromatic N) is 2. The van der Waals surface area contributed by atoms with Gasteiger partial charge in [-0.3, -0.25) is 0 Å². The molecule has 1 aliphatic heterocycles. The molecule has 8 rings (SSSR count). The maximum Gasteiger partial charge on any atom is 0.199 e. The van der Waals surface area contributed by atoms with E-state index in [0.29, 0.717) is 5.84 Å². The number of nitrogens with one attached hydrogen (secondary N) is 1. The van der Waals surface area contributed by atoms with E-state index < -0.39 is 6.17 Å². The predicted molar refractivity (Wildman–Crippen MR) is 159 cm³/mol. The Morgan fingerprint density at radius 2 is 1.26 bits per heavy atom. The summed E-state index contributed by atoms with van der Waals surface area (Å²) in [6, 6.07) is 36.7. The summed E-state index contributed by atoms with van der Waals surface area (Å²) in [5, 5.41) is 7.75. The largest absolute Gasteiger partial charge is 0.456 e. The molecule has 0 radical (unpaired) electrons. The lowest BCUT2D eigenvalue weighted by molar-refractivity contribution is 0.667. The molecule has 1 aliphatic rings. The van der Waals surface area contributed by atoms with Gasteiger partial charge in [-0.25, -0.2) is 9.98 Å². The standard InChI is InChI=1S/C33H20ClN3O2/c34-33-36-31(35-32(37-33)25-11-5-10-23-22-7-1-3-12-26(22)39-30(23)25)20-17-15-19(16-18-20)21-9-6-14-28-29(21)24-8-2-4-13-27(24)38-28/h1-18,31H,(H,35,36,37). The number of benzene rings is 5. The van der Waals surface area contributed by atoms with Crippen molar-refractivity contribution in [3.63, 3.8) is 0 Å². The SMILES string of the molecule is ClC1=NC(c2ccc(-c3cccc4oc5ccccc5c34)cc2)N=C(c2cccc3c2oc2ccccc23)N1. The zero-order valence-electron chi connectivity index (χ0n) is 20.6. The summed E-state index contributed by atoms with van der Waals surface area (Å²) in [4.78, 5) is 9.51. The van der Waals surface area contributed by atoms with Crippen LogP contribution in [0.5, 0.6) is 0 Å². The van der Waals surface area contributed by atoms with E-state index in [-0.39, 0.29) is 5.29 Å². The van der Waals surface area contributed by atoms with E-state index in [9.17, 15) is 0 Å². The van der Waals surface area contributed by atoms with Crippen molar-refractivity contribution in [1.29, 1.82) is 0 Å². The number of halogens is 1. The zero-order valence-corrected chi connectivity index (χ0v) is 21.3. The molecule has 5 nitrogen and oxygen atoms in total. The second kappa shape index (κ2) is 8.58. The van der Waals surface area contributed by atoms with Gasteiger partial charge in [0.25, 0.3) is 0 Å². The topological polar surface area (TPSA) is 63.0 Å². The van der Waals surface area contributed by atoms with Gasteiger partial charge in [0.2, 0.25) is 0 Å². The molecule has 0 saturated carbocycles. The minimum Gasteiger partial charge on any atom is -0.456 e. The van der Waals surface area contributed by atoms with Crippen LogP contribution in [0.3, 0.4) is 0 Å². The molecule has 2 aromatic heterocycles. The molecular weight excluding hydrogens is 506 g/mol. The number of hydrogen-bond acceptors (Lipinski definition) is 5. The maximum atomic E-state index is 6.49. The van der Waals surface area contributed by atoms with E-state index in [1.54, 1.807) is 0 Å². The van der Waals surface area contributed by atoms with E-state index in [1.807, 2.05) is 60.7 Å². The van der Waals surface area contributed by atoms with E-state index in [1.165, 1.54) is 0 Å². The van der Waals surface area contributed by atoms with Crippen molar-refractivity contribution < 1.29 is 8.83 Å². The first-order valence-electron chi connectivity index (χ1n) is 12.7. The lowest BCUT2D eigenvalue weighted by Gasteiger charge is -2.19. The molecule has 0 saturated heterocycles. The van der Waals surface area contributed by atoms with Crippen molar-refractivity contribution in [3.8, 4) is 11.1 Å². The summed E-state index contributed by atoms with van der Waals surface area (Å²) >= 11 is 6.49. The number of amidine groups is 2. The fourth-order valence-electron chi connectivity index (χ4n) is 5.49. The van der Waals surface area contributed by atoms with Crippen LogP contribution < -0.4 is 5.32 Å². The van der Waals surface area contributed by atoms with Crippen LogP contribution in [-0.4, -0.2) is 11.1 Å². The van der Waals surface area contributed by atoms with Crippen LogP contribution in [0.4, 0.5) is 0 Å². The van der Waals surface area contributed by atoms with Crippen molar-refractivity contribution >= 4 is 66.6 Å². The quantitative estimate of drug-likeness (QED) is 0.234. The first kappa shape index (κ1) is 22.1. The summed E-state index contributed by atoms with van der Waals surface area (Å²) < 4.78 is 12.3. The van der Waals surface area contributed by atoms with Crippen LogP contribution in [0.15, 0.2) is 128 Å². The van der Waals surface area contributed by atoms with Crippen LogP contribution in [0.25, 0.3) is 55.0 Å². The average molecular weight is 526 g/mol. The summed E-state index contributed by atoms with van der Waals surface area (Å²) in [6.07, 6.45) is -0.479. The van der Waals surface area contributed by atoms with Crippen LogP contribution in [0.1, 0.15) is 17.3 Å². The van der Waals surface area contributed by atoms with Gasteiger partial charge in [-0.15, -0.1) is 0 Å². The summed E-state index contributed by atoms with van der Waals surface area (Å²) in [6.45, 7) is 0.